The Labute approximate surface area is 110 Å². The van der Waals surface area contributed by atoms with Crippen molar-refractivity contribution in [2.24, 2.45) is 0 Å². The molecule has 0 aliphatic rings. The quantitative estimate of drug-likeness (QED) is 0.592. The fourth-order valence-electron chi connectivity index (χ4n) is 1.71. The number of nitrogens with zero attached hydrogens (tertiary/aromatic N) is 2. The van der Waals surface area contributed by atoms with E-state index in [1.165, 1.54) is 0 Å². The van der Waals surface area contributed by atoms with Gasteiger partial charge in [-0.05, 0) is 26.8 Å². The first-order valence-corrected chi connectivity index (χ1v) is 7.24. The predicted molar refractivity (Wildman–Crippen MR) is 77.5 cm³/mol. The van der Waals surface area contributed by atoms with Gasteiger partial charge in [-0.25, -0.2) is 0 Å². The van der Waals surface area contributed by atoms with Gasteiger partial charge < -0.3 is 9.80 Å². The van der Waals surface area contributed by atoms with Crippen molar-refractivity contribution < 1.29 is 4.79 Å². The van der Waals surface area contributed by atoms with Crippen LogP contribution in [0.3, 0.4) is 0 Å². The molecule has 0 aliphatic heterocycles. The molecule has 3 nitrogen and oxygen atoms in total. The summed E-state index contributed by atoms with van der Waals surface area (Å²) in [6.07, 6.45) is 2.41. The zero-order valence-corrected chi connectivity index (χ0v) is 12.4. The van der Waals surface area contributed by atoms with Crippen molar-refractivity contribution in [2.45, 2.75) is 25.5 Å². The molecular formula is C13H26N2OS. The van der Waals surface area contributed by atoms with E-state index in [0.29, 0.717) is 18.2 Å². The summed E-state index contributed by atoms with van der Waals surface area (Å²) in [5.41, 5.74) is 0. The minimum absolute atomic E-state index is 0.236. The van der Waals surface area contributed by atoms with Crippen LogP contribution in [0.1, 0.15) is 20.3 Å². The maximum Gasteiger partial charge on any atom is 0.224 e. The second-order valence-electron chi connectivity index (χ2n) is 4.26. The van der Waals surface area contributed by atoms with Crippen LogP contribution in [0.4, 0.5) is 0 Å². The molecule has 0 spiro atoms. The summed E-state index contributed by atoms with van der Waals surface area (Å²) in [7, 11) is 4.10. The molecule has 0 bridgehead atoms. The largest absolute Gasteiger partial charge is 0.339 e. The average Bonchev–Trinajstić information content (AvgIpc) is 2.25. The zero-order valence-electron chi connectivity index (χ0n) is 11.6. The van der Waals surface area contributed by atoms with Crippen molar-refractivity contribution in [1.82, 2.24) is 9.80 Å². The van der Waals surface area contributed by atoms with Crippen molar-refractivity contribution in [1.29, 1.82) is 0 Å². The van der Waals surface area contributed by atoms with E-state index < -0.39 is 0 Å². The van der Waals surface area contributed by atoms with Crippen LogP contribution in [0, 0.1) is 0 Å². The Hall–Kier alpha value is -0.480. The van der Waals surface area contributed by atoms with Crippen molar-refractivity contribution in [3.05, 3.63) is 12.7 Å². The summed E-state index contributed by atoms with van der Waals surface area (Å²) in [4.78, 5) is 16.1. The molecular weight excluding hydrogens is 232 g/mol. The first-order valence-electron chi connectivity index (χ1n) is 6.20. The maximum absolute atomic E-state index is 12.1. The molecule has 1 atom stereocenters. The van der Waals surface area contributed by atoms with Gasteiger partial charge in [0.2, 0.25) is 5.91 Å². The van der Waals surface area contributed by atoms with E-state index in [2.05, 4.69) is 32.5 Å². The van der Waals surface area contributed by atoms with Crippen molar-refractivity contribution in [3.8, 4) is 0 Å². The smallest absolute Gasteiger partial charge is 0.224 e. The Bertz CT molecular complexity index is 231. The fraction of sp³-hybridized carbons (Fsp3) is 0.769. The molecule has 100 valence electrons. The van der Waals surface area contributed by atoms with Gasteiger partial charge in [-0.3, -0.25) is 4.79 Å². The first kappa shape index (κ1) is 16.5. The topological polar surface area (TPSA) is 23.6 Å². The highest BCUT2D eigenvalue weighted by Crippen LogP contribution is 2.16. The van der Waals surface area contributed by atoms with E-state index in [4.69, 9.17) is 0 Å². The van der Waals surface area contributed by atoms with Gasteiger partial charge in [0.05, 0.1) is 0 Å². The molecule has 17 heavy (non-hydrogen) atoms. The van der Waals surface area contributed by atoms with E-state index in [9.17, 15) is 4.79 Å². The molecule has 0 fully saturated rings. The van der Waals surface area contributed by atoms with Crippen molar-refractivity contribution in [2.75, 3.05) is 39.5 Å². The fourth-order valence-corrected chi connectivity index (χ4v) is 2.84. The molecule has 1 amide bonds. The molecule has 0 radical (unpaired) electrons. The number of carbonyl (C=O) groups is 1. The van der Waals surface area contributed by atoms with Crippen LogP contribution >= 0.6 is 11.8 Å². The minimum atomic E-state index is 0.236. The lowest BCUT2D eigenvalue weighted by atomic mass is 10.2. The van der Waals surface area contributed by atoms with Gasteiger partial charge in [0.25, 0.3) is 0 Å². The van der Waals surface area contributed by atoms with Crippen LogP contribution in [0.5, 0.6) is 0 Å². The molecule has 0 heterocycles. The highest BCUT2D eigenvalue weighted by Gasteiger charge is 2.18. The number of amides is 1. The number of hydrogen-bond acceptors (Lipinski definition) is 3. The Morgan fingerprint density at radius 2 is 2.06 bits per heavy atom. The number of likely N-dealkylation sites (N-methyl/N-ethyl adjacent to an activating group) is 1. The standard InChI is InChI=1S/C13H26N2OS/c1-6-9-15(7-2)13(16)10-12(17-8-3)11-14(4)5/h6,12H,1,7-11H2,2-5H3. The SMILES string of the molecule is C=CCN(CC)C(=O)CC(CN(C)C)SCC. The Morgan fingerprint density at radius 3 is 2.47 bits per heavy atom. The normalized spacial score (nSPS) is 12.5. The van der Waals surface area contributed by atoms with Crippen LogP contribution in [0.15, 0.2) is 12.7 Å². The van der Waals surface area contributed by atoms with E-state index in [1.807, 2.05) is 23.6 Å². The summed E-state index contributed by atoms with van der Waals surface area (Å²) in [6.45, 7) is 10.2. The molecule has 0 aromatic carbocycles. The van der Waals surface area contributed by atoms with Gasteiger partial charge in [0, 0.05) is 31.3 Å². The van der Waals surface area contributed by atoms with E-state index >= 15 is 0 Å². The highest BCUT2D eigenvalue weighted by molar-refractivity contribution is 7.99. The summed E-state index contributed by atoms with van der Waals surface area (Å²) in [5.74, 6) is 1.29. The van der Waals surface area contributed by atoms with Crippen molar-refractivity contribution in [3.63, 3.8) is 0 Å². The van der Waals surface area contributed by atoms with Crippen molar-refractivity contribution >= 4 is 17.7 Å². The van der Waals surface area contributed by atoms with E-state index in [0.717, 1.165) is 18.8 Å². The Kier molecular flexibility index (Phi) is 9.27. The number of thioether (sulfide) groups is 1. The van der Waals surface area contributed by atoms with E-state index in [-0.39, 0.29) is 5.91 Å². The lowest BCUT2D eigenvalue weighted by molar-refractivity contribution is -0.130. The lowest BCUT2D eigenvalue weighted by Gasteiger charge is -2.24. The molecule has 0 saturated carbocycles. The monoisotopic (exact) mass is 258 g/mol. The number of rotatable bonds is 9. The summed E-state index contributed by atoms with van der Waals surface area (Å²) in [6, 6.07) is 0. The maximum atomic E-state index is 12.1. The van der Waals surface area contributed by atoms with Gasteiger partial charge in [0.15, 0.2) is 0 Å². The molecule has 1 unspecified atom stereocenters. The molecule has 0 saturated heterocycles. The van der Waals surface area contributed by atoms with Crippen LogP contribution in [-0.2, 0) is 4.79 Å². The second kappa shape index (κ2) is 9.54. The third-order valence-electron chi connectivity index (χ3n) is 2.46. The Balaban J connectivity index is 4.30. The molecule has 0 aromatic rings. The van der Waals surface area contributed by atoms with Gasteiger partial charge in [-0.1, -0.05) is 13.0 Å². The Morgan fingerprint density at radius 1 is 1.41 bits per heavy atom. The highest BCUT2D eigenvalue weighted by atomic mass is 32.2. The predicted octanol–water partition coefficient (Wildman–Crippen LogP) is 2.09. The van der Waals surface area contributed by atoms with Gasteiger partial charge >= 0.3 is 0 Å². The molecule has 4 heteroatoms. The lowest BCUT2D eigenvalue weighted by Crippen LogP contribution is -2.35. The van der Waals surface area contributed by atoms with Crippen LogP contribution < -0.4 is 0 Å². The number of hydrogen-bond donors (Lipinski definition) is 0. The molecule has 0 rings (SSSR count). The van der Waals surface area contributed by atoms with Gasteiger partial charge in [0.1, 0.15) is 0 Å². The summed E-state index contributed by atoms with van der Waals surface area (Å²) >= 11 is 1.86. The van der Waals surface area contributed by atoms with Gasteiger partial charge in [-0.2, -0.15) is 11.8 Å². The van der Waals surface area contributed by atoms with Gasteiger partial charge in [-0.15, -0.1) is 6.58 Å². The first-order chi connectivity index (χ1) is 8.04. The molecule has 0 aromatic heterocycles. The summed E-state index contributed by atoms with van der Waals surface area (Å²) < 4.78 is 0. The second-order valence-corrected chi connectivity index (χ2v) is 5.84. The number of carbonyl (C=O) groups excluding carboxylic acids is 1. The van der Waals surface area contributed by atoms with Crippen LogP contribution in [0.25, 0.3) is 0 Å². The van der Waals surface area contributed by atoms with Crippen LogP contribution in [0.2, 0.25) is 0 Å². The molecule has 0 N–H and O–H groups in total. The zero-order chi connectivity index (χ0) is 13.3. The molecule has 0 aliphatic carbocycles. The third kappa shape index (κ3) is 7.45. The van der Waals surface area contributed by atoms with E-state index in [1.54, 1.807) is 6.08 Å². The minimum Gasteiger partial charge on any atom is -0.339 e. The average molecular weight is 258 g/mol. The summed E-state index contributed by atoms with van der Waals surface area (Å²) in [5, 5.41) is 0.390. The van der Waals surface area contributed by atoms with Crippen LogP contribution in [-0.4, -0.2) is 60.4 Å². The third-order valence-corrected chi connectivity index (χ3v) is 3.58.